The zero-order valence-electron chi connectivity index (χ0n) is 12.7. The van der Waals surface area contributed by atoms with E-state index in [2.05, 4.69) is 17.1 Å². The smallest absolute Gasteiger partial charge is 0.231 e. The molecule has 0 radical (unpaired) electrons. The van der Waals surface area contributed by atoms with Crippen molar-refractivity contribution in [2.75, 3.05) is 32.8 Å². The summed E-state index contributed by atoms with van der Waals surface area (Å²) in [5.74, 6) is 0.591. The van der Waals surface area contributed by atoms with Gasteiger partial charge in [-0.25, -0.2) is 0 Å². The van der Waals surface area contributed by atoms with Crippen molar-refractivity contribution in [1.82, 2.24) is 10.2 Å². The Morgan fingerprint density at radius 3 is 2.62 bits per heavy atom. The topological polar surface area (TPSA) is 67.6 Å². The molecule has 21 heavy (non-hydrogen) atoms. The van der Waals surface area contributed by atoms with Crippen molar-refractivity contribution < 1.29 is 9.53 Å². The van der Waals surface area contributed by atoms with Crippen molar-refractivity contribution in [3.63, 3.8) is 0 Å². The van der Waals surface area contributed by atoms with Gasteiger partial charge < -0.3 is 15.8 Å². The van der Waals surface area contributed by atoms with E-state index in [0.29, 0.717) is 19.2 Å². The highest BCUT2D eigenvalue weighted by Crippen LogP contribution is 2.13. The van der Waals surface area contributed by atoms with E-state index in [-0.39, 0.29) is 5.91 Å². The highest BCUT2D eigenvalue weighted by Gasteiger charge is 2.22. The molecule has 1 aliphatic heterocycles. The molecule has 5 nitrogen and oxygen atoms in total. The molecule has 116 valence electrons. The number of rotatable bonds is 7. The molecule has 1 aromatic carbocycles. The molecule has 0 unspecified atom stereocenters. The Morgan fingerprint density at radius 2 is 2.00 bits per heavy atom. The molecular weight excluding hydrogens is 266 g/mol. The number of amides is 1. The normalized spacial score (nSPS) is 16.1. The molecule has 1 aromatic rings. The van der Waals surface area contributed by atoms with Crippen LogP contribution in [-0.4, -0.2) is 49.6 Å². The van der Waals surface area contributed by atoms with E-state index in [1.807, 2.05) is 24.3 Å². The summed E-state index contributed by atoms with van der Waals surface area (Å²) >= 11 is 0. The number of piperidine rings is 1. The molecule has 1 saturated heterocycles. The second kappa shape index (κ2) is 8.00. The fraction of sp³-hybridized carbons (Fsp3) is 0.562. The number of primary amides is 1. The number of ether oxygens (including phenoxy) is 1. The second-order valence-corrected chi connectivity index (χ2v) is 5.58. The van der Waals surface area contributed by atoms with Crippen LogP contribution in [0.15, 0.2) is 24.3 Å². The van der Waals surface area contributed by atoms with Crippen molar-refractivity contribution in [3.05, 3.63) is 29.8 Å². The minimum absolute atomic E-state index is 0.274. The minimum atomic E-state index is -0.274. The molecule has 1 amide bonds. The molecule has 0 bridgehead atoms. The van der Waals surface area contributed by atoms with Gasteiger partial charge in [0.05, 0.1) is 6.54 Å². The highest BCUT2D eigenvalue weighted by molar-refractivity contribution is 5.75. The third-order valence-electron chi connectivity index (χ3n) is 3.85. The van der Waals surface area contributed by atoms with Crippen molar-refractivity contribution in [2.24, 2.45) is 5.73 Å². The zero-order chi connectivity index (χ0) is 15.1. The summed E-state index contributed by atoms with van der Waals surface area (Å²) in [6.07, 6.45) is 2.11. The van der Waals surface area contributed by atoms with E-state index in [1.54, 1.807) is 0 Å². The van der Waals surface area contributed by atoms with Crippen LogP contribution in [0.25, 0.3) is 0 Å². The first kappa shape index (κ1) is 15.8. The van der Waals surface area contributed by atoms with Crippen molar-refractivity contribution >= 4 is 5.91 Å². The van der Waals surface area contributed by atoms with E-state index in [9.17, 15) is 4.79 Å². The van der Waals surface area contributed by atoms with E-state index in [1.165, 1.54) is 5.56 Å². The highest BCUT2D eigenvalue weighted by atomic mass is 16.5. The number of benzene rings is 1. The number of nitrogens with two attached hydrogens (primary N) is 1. The van der Waals surface area contributed by atoms with Gasteiger partial charge in [-0.15, -0.1) is 0 Å². The van der Waals surface area contributed by atoms with Crippen molar-refractivity contribution in [1.29, 1.82) is 0 Å². The van der Waals surface area contributed by atoms with Crippen LogP contribution in [0.5, 0.6) is 5.75 Å². The summed E-state index contributed by atoms with van der Waals surface area (Å²) in [7, 11) is 0. The number of carbonyl (C=O) groups is 1. The lowest BCUT2D eigenvalue weighted by Gasteiger charge is -2.33. The maximum atomic E-state index is 11.2. The summed E-state index contributed by atoms with van der Waals surface area (Å²) in [6.45, 7) is 5.65. The third kappa shape index (κ3) is 5.36. The van der Waals surface area contributed by atoms with Gasteiger partial charge in [-0.05, 0) is 45.0 Å². The van der Waals surface area contributed by atoms with Crippen LogP contribution in [0, 0.1) is 6.92 Å². The lowest BCUT2D eigenvalue weighted by Crippen LogP contribution is -2.47. The van der Waals surface area contributed by atoms with Crippen molar-refractivity contribution in [2.45, 2.75) is 25.8 Å². The molecular formula is C16H25N3O2. The summed E-state index contributed by atoms with van der Waals surface area (Å²) < 4.78 is 5.75. The summed E-state index contributed by atoms with van der Waals surface area (Å²) in [5, 5.41) is 3.34. The Kier molecular flexibility index (Phi) is 6.02. The SMILES string of the molecule is Cc1ccc(OCCN(CC(N)=O)C2CCNCC2)cc1. The molecule has 1 fully saturated rings. The number of aryl methyl sites for hydroxylation is 1. The van der Waals surface area contributed by atoms with Gasteiger partial charge in [0, 0.05) is 12.6 Å². The molecule has 0 atom stereocenters. The van der Waals surface area contributed by atoms with Gasteiger partial charge in [-0.1, -0.05) is 17.7 Å². The third-order valence-corrected chi connectivity index (χ3v) is 3.85. The number of nitrogens with one attached hydrogen (secondary N) is 1. The average molecular weight is 291 g/mol. The predicted molar refractivity (Wildman–Crippen MR) is 83.3 cm³/mol. The summed E-state index contributed by atoms with van der Waals surface area (Å²) in [6, 6.07) is 8.42. The monoisotopic (exact) mass is 291 g/mol. The predicted octanol–water partition coefficient (Wildman–Crippen LogP) is 0.913. The first-order valence-electron chi connectivity index (χ1n) is 7.57. The maximum absolute atomic E-state index is 11.2. The van der Waals surface area contributed by atoms with E-state index >= 15 is 0 Å². The average Bonchev–Trinajstić information content (AvgIpc) is 2.49. The van der Waals surface area contributed by atoms with Crippen LogP contribution in [0.4, 0.5) is 0 Å². The van der Waals surface area contributed by atoms with Crippen LogP contribution >= 0.6 is 0 Å². The minimum Gasteiger partial charge on any atom is -0.492 e. The Morgan fingerprint density at radius 1 is 1.33 bits per heavy atom. The lowest BCUT2D eigenvalue weighted by molar-refractivity contribution is -0.119. The second-order valence-electron chi connectivity index (χ2n) is 5.58. The Labute approximate surface area is 126 Å². The number of hydrogen-bond acceptors (Lipinski definition) is 4. The largest absolute Gasteiger partial charge is 0.492 e. The molecule has 1 heterocycles. The van der Waals surface area contributed by atoms with Gasteiger partial charge in [0.25, 0.3) is 0 Å². The van der Waals surface area contributed by atoms with E-state index in [0.717, 1.165) is 38.2 Å². The molecule has 0 aromatic heterocycles. The van der Waals surface area contributed by atoms with Crippen LogP contribution < -0.4 is 15.8 Å². The summed E-state index contributed by atoms with van der Waals surface area (Å²) in [5.41, 5.74) is 6.58. The van der Waals surface area contributed by atoms with E-state index in [4.69, 9.17) is 10.5 Å². The van der Waals surface area contributed by atoms with Gasteiger partial charge >= 0.3 is 0 Å². The fourth-order valence-corrected chi connectivity index (χ4v) is 2.68. The quantitative estimate of drug-likeness (QED) is 0.784. The van der Waals surface area contributed by atoms with Gasteiger partial charge in [0.1, 0.15) is 12.4 Å². The van der Waals surface area contributed by atoms with Gasteiger partial charge in [-0.2, -0.15) is 0 Å². The first-order valence-corrected chi connectivity index (χ1v) is 7.57. The van der Waals surface area contributed by atoms with Crippen LogP contribution in [0.3, 0.4) is 0 Å². The standard InChI is InChI=1S/C16H25N3O2/c1-13-2-4-15(5-3-13)21-11-10-19(12-16(17)20)14-6-8-18-9-7-14/h2-5,14,18H,6-12H2,1H3,(H2,17,20). The lowest BCUT2D eigenvalue weighted by atomic mass is 10.0. The van der Waals surface area contributed by atoms with Crippen LogP contribution in [0.1, 0.15) is 18.4 Å². The summed E-state index contributed by atoms with van der Waals surface area (Å²) in [4.78, 5) is 13.4. The Bertz CT molecular complexity index is 441. The Balaban J connectivity index is 1.83. The molecule has 1 aliphatic rings. The van der Waals surface area contributed by atoms with Gasteiger partial charge in [0.15, 0.2) is 0 Å². The number of hydrogen-bond donors (Lipinski definition) is 2. The molecule has 0 aliphatic carbocycles. The molecule has 5 heteroatoms. The Hall–Kier alpha value is -1.59. The first-order chi connectivity index (χ1) is 10.1. The van der Waals surface area contributed by atoms with Crippen molar-refractivity contribution in [3.8, 4) is 5.75 Å². The maximum Gasteiger partial charge on any atom is 0.231 e. The number of nitrogens with zero attached hydrogens (tertiary/aromatic N) is 1. The van der Waals surface area contributed by atoms with Crippen LogP contribution in [0.2, 0.25) is 0 Å². The zero-order valence-corrected chi connectivity index (χ0v) is 12.7. The van der Waals surface area contributed by atoms with Gasteiger partial charge in [0.2, 0.25) is 5.91 Å². The molecule has 3 N–H and O–H groups in total. The van der Waals surface area contributed by atoms with Gasteiger partial charge in [-0.3, -0.25) is 9.69 Å². The molecule has 0 saturated carbocycles. The molecule has 0 spiro atoms. The number of carbonyl (C=O) groups excluding carboxylic acids is 1. The fourth-order valence-electron chi connectivity index (χ4n) is 2.68. The molecule has 2 rings (SSSR count). The van der Waals surface area contributed by atoms with Crippen LogP contribution in [-0.2, 0) is 4.79 Å². The van der Waals surface area contributed by atoms with E-state index < -0.39 is 0 Å².